The molecule has 0 aliphatic carbocycles. The molecule has 0 fully saturated rings. The average Bonchev–Trinajstić information content (AvgIpc) is 2.84. The summed E-state index contributed by atoms with van der Waals surface area (Å²) in [4.78, 5) is 11.9. The number of nitrogens with zero attached hydrogens (tertiary/aromatic N) is 1. The number of carbonyl (C=O) groups excluding carboxylic acids is 1. The summed E-state index contributed by atoms with van der Waals surface area (Å²) < 4.78 is 11.1. The maximum atomic E-state index is 11.9. The third-order valence-corrected chi connectivity index (χ3v) is 2.88. The third kappa shape index (κ3) is 3.57. The molecule has 1 aromatic carbocycles. The summed E-state index contributed by atoms with van der Waals surface area (Å²) in [6, 6.07) is 10.5. The molecule has 98 valence electrons. The number of furan rings is 1. The molecule has 1 heterocycles. The summed E-state index contributed by atoms with van der Waals surface area (Å²) in [7, 11) is 1.51. The number of rotatable bonds is 4. The first kappa shape index (κ1) is 13.6. The van der Waals surface area contributed by atoms with E-state index in [2.05, 4.69) is 33.1 Å². The summed E-state index contributed by atoms with van der Waals surface area (Å²) >= 11 is 2.05. The smallest absolute Gasteiger partial charge is 0.275 e. The van der Waals surface area contributed by atoms with E-state index in [-0.39, 0.29) is 5.91 Å². The first-order chi connectivity index (χ1) is 9.20. The summed E-state index contributed by atoms with van der Waals surface area (Å²) in [5.41, 5.74) is 2.85. The van der Waals surface area contributed by atoms with Crippen LogP contribution < -0.4 is 10.2 Å². The van der Waals surface area contributed by atoms with Crippen molar-refractivity contribution in [3.63, 3.8) is 0 Å². The molecule has 1 aromatic heterocycles. The van der Waals surface area contributed by atoms with Crippen molar-refractivity contribution in [3.05, 3.63) is 51.5 Å². The Hall–Kier alpha value is -1.83. The van der Waals surface area contributed by atoms with E-state index in [0.717, 1.165) is 3.77 Å². The van der Waals surface area contributed by atoms with Crippen LogP contribution in [0.25, 0.3) is 0 Å². The zero-order valence-electron chi connectivity index (χ0n) is 10.1. The van der Waals surface area contributed by atoms with Crippen LogP contribution in [0.2, 0.25) is 0 Å². The van der Waals surface area contributed by atoms with Gasteiger partial charge in [0.25, 0.3) is 5.91 Å². The van der Waals surface area contributed by atoms with Gasteiger partial charge in [0.05, 0.1) is 18.9 Å². The molecule has 0 aliphatic rings. The molecule has 2 rings (SSSR count). The highest BCUT2D eigenvalue weighted by molar-refractivity contribution is 14.1. The number of halogens is 1. The molecule has 0 saturated carbocycles. The molecule has 0 saturated heterocycles. The fourth-order valence-corrected chi connectivity index (χ4v) is 1.88. The second-order valence-electron chi connectivity index (χ2n) is 3.54. The minimum atomic E-state index is -0.338. The van der Waals surface area contributed by atoms with Gasteiger partial charge < -0.3 is 9.15 Å². The molecule has 0 aliphatic heterocycles. The predicted molar refractivity (Wildman–Crippen MR) is 79.5 cm³/mol. The fourth-order valence-electron chi connectivity index (χ4n) is 1.44. The molecular weight excluding hydrogens is 359 g/mol. The zero-order valence-corrected chi connectivity index (χ0v) is 12.2. The first-order valence-electron chi connectivity index (χ1n) is 5.42. The predicted octanol–water partition coefficient (Wildman–Crippen LogP) is 2.66. The van der Waals surface area contributed by atoms with Crippen molar-refractivity contribution < 1.29 is 13.9 Å². The van der Waals surface area contributed by atoms with Crippen molar-refractivity contribution in [1.82, 2.24) is 5.43 Å². The lowest BCUT2D eigenvalue weighted by atomic mass is 10.2. The van der Waals surface area contributed by atoms with Gasteiger partial charge in [-0.25, -0.2) is 5.43 Å². The highest BCUT2D eigenvalue weighted by Gasteiger charge is 2.09. The molecule has 0 spiro atoms. The summed E-state index contributed by atoms with van der Waals surface area (Å²) in [6.07, 6.45) is 1.44. The Morgan fingerprint density at radius 3 is 2.84 bits per heavy atom. The maximum Gasteiger partial charge on any atom is 0.275 e. The van der Waals surface area contributed by atoms with Gasteiger partial charge in [0.1, 0.15) is 11.5 Å². The number of carbonyl (C=O) groups is 1. The lowest BCUT2D eigenvalue weighted by molar-refractivity contribution is 0.0952. The van der Waals surface area contributed by atoms with Crippen molar-refractivity contribution in [3.8, 4) is 5.75 Å². The van der Waals surface area contributed by atoms with Crippen molar-refractivity contribution >= 4 is 34.7 Å². The van der Waals surface area contributed by atoms with Crippen molar-refractivity contribution in [1.29, 1.82) is 0 Å². The van der Waals surface area contributed by atoms with Gasteiger partial charge in [-0.3, -0.25) is 4.79 Å². The molecule has 0 unspecified atom stereocenters. The number of hydrazone groups is 1. The second-order valence-corrected chi connectivity index (χ2v) is 4.60. The third-order valence-electron chi connectivity index (χ3n) is 2.30. The Balaban J connectivity index is 2.03. The maximum absolute atomic E-state index is 11.9. The van der Waals surface area contributed by atoms with Crippen LogP contribution in [0.3, 0.4) is 0 Å². The molecular formula is C13H11IN2O3. The Morgan fingerprint density at radius 1 is 1.37 bits per heavy atom. The Labute approximate surface area is 123 Å². The molecule has 2 aromatic rings. The molecule has 1 N–H and O–H groups in total. The van der Waals surface area contributed by atoms with Crippen LogP contribution in [0.1, 0.15) is 16.1 Å². The highest BCUT2D eigenvalue weighted by atomic mass is 127. The largest absolute Gasteiger partial charge is 0.496 e. The normalized spacial score (nSPS) is 10.6. The van der Waals surface area contributed by atoms with Gasteiger partial charge in [0.15, 0.2) is 3.77 Å². The minimum absolute atomic E-state index is 0.338. The van der Waals surface area contributed by atoms with Crippen molar-refractivity contribution in [2.24, 2.45) is 5.10 Å². The van der Waals surface area contributed by atoms with Crippen LogP contribution in [0, 0.1) is 3.77 Å². The Morgan fingerprint density at radius 2 is 2.16 bits per heavy atom. The standard InChI is InChI=1S/C13H11IN2O3/c1-18-11-5-3-2-4-10(11)13(17)16-15-8-9-6-7-12(14)19-9/h2-8H,1H3,(H,16,17)/b15-8-. The van der Waals surface area contributed by atoms with Crippen LogP contribution >= 0.6 is 22.6 Å². The van der Waals surface area contributed by atoms with E-state index in [1.807, 2.05) is 6.07 Å². The Bertz CT molecular complexity index is 607. The molecule has 0 bridgehead atoms. The van der Waals surface area contributed by atoms with Crippen LogP contribution in [-0.2, 0) is 0 Å². The van der Waals surface area contributed by atoms with E-state index in [0.29, 0.717) is 17.1 Å². The van der Waals surface area contributed by atoms with E-state index in [9.17, 15) is 4.79 Å². The topological polar surface area (TPSA) is 63.8 Å². The van der Waals surface area contributed by atoms with Crippen LogP contribution in [-0.4, -0.2) is 19.2 Å². The van der Waals surface area contributed by atoms with Crippen molar-refractivity contribution in [2.75, 3.05) is 7.11 Å². The number of benzene rings is 1. The van der Waals surface area contributed by atoms with Gasteiger partial charge >= 0.3 is 0 Å². The summed E-state index contributed by atoms with van der Waals surface area (Å²) in [6.45, 7) is 0. The van der Waals surface area contributed by atoms with Gasteiger partial charge in [-0.1, -0.05) is 12.1 Å². The van der Waals surface area contributed by atoms with E-state index < -0.39 is 0 Å². The lowest BCUT2D eigenvalue weighted by Gasteiger charge is -2.05. The average molecular weight is 370 g/mol. The number of nitrogens with one attached hydrogen (secondary N) is 1. The van der Waals surface area contributed by atoms with Crippen LogP contribution in [0.5, 0.6) is 5.75 Å². The van der Waals surface area contributed by atoms with Gasteiger partial charge in [0.2, 0.25) is 0 Å². The number of ether oxygens (including phenoxy) is 1. The molecule has 0 radical (unpaired) electrons. The molecule has 0 atom stereocenters. The first-order valence-corrected chi connectivity index (χ1v) is 6.50. The summed E-state index contributed by atoms with van der Waals surface area (Å²) in [5.74, 6) is 0.738. The Kier molecular flexibility index (Phi) is 4.56. The van der Waals surface area contributed by atoms with Crippen LogP contribution in [0.4, 0.5) is 0 Å². The highest BCUT2D eigenvalue weighted by Crippen LogP contribution is 2.16. The molecule has 6 heteroatoms. The number of hydrogen-bond acceptors (Lipinski definition) is 4. The van der Waals surface area contributed by atoms with Gasteiger partial charge in [-0.05, 0) is 46.9 Å². The summed E-state index contributed by atoms with van der Waals surface area (Å²) in [5, 5.41) is 3.83. The van der Waals surface area contributed by atoms with E-state index in [1.54, 1.807) is 30.3 Å². The van der Waals surface area contributed by atoms with E-state index in [1.165, 1.54) is 13.3 Å². The van der Waals surface area contributed by atoms with Gasteiger partial charge in [-0.2, -0.15) is 5.10 Å². The number of methoxy groups -OCH3 is 1. The quantitative estimate of drug-likeness (QED) is 0.511. The van der Waals surface area contributed by atoms with Crippen LogP contribution in [0.15, 0.2) is 45.9 Å². The number of hydrogen-bond donors (Lipinski definition) is 1. The molecule has 19 heavy (non-hydrogen) atoms. The van der Waals surface area contributed by atoms with E-state index >= 15 is 0 Å². The monoisotopic (exact) mass is 370 g/mol. The van der Waals surface area contributed by atoms with Gasteiger partial charge in [0, 0.05) is 0 Å². The lowest BCUT2D eigenvalue weighted by Crippen LogP contribution is -2.18. The van der Waals surface area contributed by atoms with E-state index in [4.69, 9.17) is 9.15 Å². The molecule has 5 nitrogen and oxygen atoms in total. The molecule has 1 amide bonds. The second kappa shape index (κ2) is 6.37. The number of para-hydroxylation sites is 1. The van der Waals surface area contributed by atoms with Gasteiger partial charge in [-0.15, -0.1) is 0 Å². The van der Waals surface area contributed by atoms with Crippen molar-refractivity contribution in [2.45, 2.75) is 0 Å². The number of amides is 1. The minimum Gasteiger partial charge on any atom is -0.496 e. The fraction of sp³-hybridized carbons (Fsp3) is 0.0769. The zero-order chi connectivity index (χ0) is 13.7. The SMILES string of the molecule is COc1ccccc1C(=O)N/N=C\c1ccc(I)o1.